The van der Waals surface area contributed by atoms with Gasteiger partial charge in [-0.2, -0.15) is 0 Å². The topological polar surface area (TPSA) is 47.9 Å². The van der Waals surface area contributed by atoms with Crippen molar-refractivity contribution in [1.29, 1.82) is 0 Å². The van der Waals surface area contributed by atoms with Gasteiger partial charge in [0, 0.05) is 18.4 Å². The SMILES string of the molecule is COCOCCC1=C2CC[C@H](O)[C@@]2(C)CC[C@@H]1c1ccc(OC)cc1. The molecule has 138 valence electrons. The quantitative estimate of drug-likeness (QED) is 0.460. The molecule has 1 aromatic rings. The predicted molar refractivity (Wildman–Crippen MR) is 97.8 cm³/mol. The van der Waals surface area contributed by atoms with Crippen molar-refractivity contribution < 1.29 is 19.3 Å². The molecule has 4 nitrogen and oxygen atoms in total. The molecule has 2 aliphatic rings. The summed E-state index contributed by atoms with van der Waals surface area (Å²) in [4.78, 5) is 0. The van der Waals surface area contributed by atoms with E-state index >= 15 is 0 Å². The Kier molecular flexibility index (Phi) is 5.82. The van der Waals surface area contributed by atoms with Crippen LogP contribution in [-0.4, -0.2) is 38.8 Å². The van der Waals surface area contributed by atoms with Crippen molar-refractivity contribution in [2.24, 2.45) is 5.41 Å². The van der Waals surface area contributed by atoms with Crippen molar-refractivity contribution >= 4 is 0 Å². The molecular formula is C21H30O4. The van der Waals surface area contributed by atoms with Crippen LogP contribution in [0.25, 0.3) is 0 Å². The molecule has 0 aliphatic heterocycles. The Morgan fingerprint density at radius 2 is 1.92 bits per heavy atom. The van der Waals surface area contributed by atoms with Crippen LogP contribution in [0.5, 0.6) is 5.75 Å². The average molecular weight is 346 g/mol. The zero-order valence-electron chi connectivity index (χ0n) is 15.6. The van der Waals surface area contributed by atoms with Crippen LogP contribution >= 0.6 is 0 Å². The Hall–Kier alpha value is -1.36. The molecule has 25 heavy (non-hydrogen) atoms. The van der Waals surface area contributed by atoms with Gasteiger partial charge < -0.3 is 19.3 Å². The van der Waals surface area contributed by atoms with Crippen molar-refractivity contribution in [1.82, 2.24) is 0 Å². The molecule has 1 aromatic carbocycles. The van der Waals surface area contributed by atoms with E-state index in [1.54, 1.807) is 14.2 Å². The smallest absolute Gasteiger partial charge is 0.146 e. The third-order valence-electron chi connectivity index (χ3n) is 6.09. The predicted octanol–water partition coefficient (Wildman–Crippen LogP) is 4.04. The highest BCUT2D eigenvalue weighted by Gasteiger charge is 2.46. The lowest BCUT2D eigenvalue weighted by atomic mass is 9.66. The van der Waals surface area contributed by atoms with E-state index in [0.717, 1.165) is 37.9 Å². The monoisotopic (exact) mass is 346 g/mol. The molecule has 1 N–H and O–H groups in total. The van der Waals surface area contributed by atoms with E-state index in [4.69, 9.17) is 14.2 Å². The molecule has 0 radical (unpaired) electrons. The zero-order valence-corrected chi connectivity index (χ0v) is 15.6. The van der Waals surface area contributed by atoms with Crippen LogP contribution in [0.4, 0.5) is 0 Å². The summed E-state index contributed by atoms with van der Waals surface area (Å²) in [5, 5.41) is 10.5. The Balaban J connectivity index is 1.89. The molecule has 0 aromatic heterocycles. The number of hydrogen-bond acceptors (Lipinski definition) is 4. The van der Waals surface area contributed by atoms with E-state index in [9.17, 15) is 5.11 Å². The van der Waals surface area contributed by atoms with Crippen LogP contribution < -0.4 is 4.74 Å². The fraction of sp³-hybridized carbons (Fsp3) is 0.619. The standard InChI is InChI=1S/C21H30O4/c1-21-12-10-17(15-4-6-16(24-3)7-5-15)18(11-13-25-14-23-2)19(21)8-9-20(21)22/h4-7,17,20,22H,8-14H2,1-3H3/t17-,20+,21+/m1/s1. The maximum absolute atomic E-state index is 10.5. The maximum Gasteiger partial charge on any atom is 0.146 e. The summed E-state index contributed by atoms with van der Waals surface area (Å²) in [5.74, 6) is 1.30. The van der Waals surface area contributed by atoms with Crippen molar-refractivity contribution in [3.63, 3.8) is 0 Å². The van der Waals surface area contributed by atoms with Crippen LogP contribution in [0.15, 0.2) is 35.4 Å². The second-order valence-corrected chi connectivity index (χ2v) is 7.40. The van der Waals surface area contributed by atoms with Crippen LogP contribution in [0.2, 0.25) is 0 Å². The third-order valence-corrected chi connectivity index (χ3v) is 6.09. The van der Waals surface area contributed by atoms with E-state index in [2.05, 4.69) is 19.1 Å². The van der Waals surface area contributed by atoms with Gasteiger partial charge in [0.2, 0.25) is 0 Å². The van der Waals surface area contributed by atoms with Crippen molar-refractivity contribution in [3.8, 4) is 5.75 Å². The number of ether oxygens (including phenoxy) is 3. The Bertz CT molecular complexity index is 607. The van der Waals surface area contributed by atoms with Gasteiger partial charge in [0.05, 0.1) is 19.8 Å². The van der Waals surface area contributed by atoms with Gasteiger partial charge in [-0.15, -0.1) is 0 Å². The lowest BCUT2D eigenvalue weighted by Crippen LogP contribution is -2.33. The van der Waals surface area contributed by atoms with E-state index in [-0.39, 0.29) is 11.5 Å². The molecular weight excluding hydrogens is 316 g/mol. The summed E-state index contributed by atoms with van der Waals surface area (Å²) >= 11 is 0. The molecule has 0 saturated heterocycles. The molecule has 0 bridgehead atoms. The number of aliphatic hydroxyl groups excluding tert-OH is 1. The molecule has 0 amide bonds. The third kappa shape index (κ3) is 3.62. The lowest BCUT2D eigenvalue weighted by molar-refractivity contribution is -0.0297. The lowest BCUT2D eigenvalue weighted by Gasteiger charge is -2.40. The summed E-state index contributed by atoms with van der Waals surface area (Å²) in [7, 11) is 3.34. The summed E-state index contributed by atoms with van der Waals surface area (Å²) < 4.78 is 15.9. The Morgan fingerprint density at radius 3 is 2.60 bits per heavy atom. The molecule has 0 heterocycles. The van der Waals surface area contributed by atoms with Gasteiger partial charge in [-0.3, -0.25) is 0 Å². The summed E-state index contributed by atoms with van der Waals surface area (Å²) in [6.45, 7) is 3.22. The van der Waals surface area contributed by atoms with E-state index in [1.165, 1.54) is 16.7 Å². The highest BCUT2D eigenvalue weighted by Crippen LogP contribution is 2.55. The van der Waals surface area contributed by atoms with Crippen LogP contribution in [-0.2, 0) is 9.47 Å². The first-order valence-corrected chi connectivity index (χ1v) is 9.21. The molecule has 2 aliphatic carbocycles. The Morgan fingerprint density at radius 1 is 1.16 bits per heavy atom. The molecule has 1 fully saturated rings. The first-order chi connectivity index (χ1) is 12.1. The minimum atomic E-state index is -0.214. The number of rotatable bonds is 7. The summed E-state index contributed by atoms with van der Waals surface area (Å²) in [6, 6.07) is 8.43. The summed E-state index contributed by atoms with van der Waals surface area (Å²) in [5.41, 5.74) is 4.21. The minimum absolute atomic E-state index is 0.0560. The van der Waals surface area contributed by atoms with E-state index in [0.29, 0.717) is 19.3 Å². The number of methoxy groups -OCH3 is 2. The fourth-order valence-corrected chi connectivity index (χ4v) is 4.61. The van der Waals surface area contributed by atoms with E-state index in [1.807, 2.05) is 12.1 Å². The number of benzene rings is 1. The van der Waals surface area contributed by atoms with Gasteiger partial charge in [-0.25, -0.2) is 0 Å². The van der Waals surface area contributed by atoms with Gasteiger partial charge in [0.1, 0.15) is 12.5 Å². The molecule has 0 unspecified atom stereocenters. The van der Waals surface area contributed by atoms with Crippen LogP contribution in [0.1, 0.15) is 50.5 Å². The number of fused-ring (bicyclic) bond motifs is 1. The van der Waals surface area contributed by atoms with Gasteiger partial charge in [-0.05, 0) is 49.8 Å². The van der Waals surface area contributed by atoms with Crippen molar-refractivity contribution in [3.05, 3.63) is 41.0 Å². The zero-order chi connectivity index (χ0) is 17.9. The second-order valence-electron chi connectivity index (χ2n) is 7.40. The molecule has 0 spiro atoms. The first-order valence-electron chi connectivity index (χ1n) is 9.21. The fourth-order valence-electron chi connectivity index (χ4n) is 4.61. The van der Waals surface area contributed by atoms with Crippen LogP contribution in [0, 0.1) is 5.41 Å². The molecule has 3 atom stereocenters. The number of aliphatic hydroxyl groups is 1. The van der Waals surface area contributed by atoms with Gasteiger partial charge in [0.15, 0.2) is 0 Å². The number of hydrogen-bond donors (Lipinski definition) is 1. The van der Waals surface area contributed by atoms with Crippen molar-refractivity contribution in [2.75, 3.05) is 27.6 Å². The molecule has 4 heteroatoms. The second kappa shape index (κ2) is 7.90. The maximum atomic E-state index is 10.5. The Labute approximate surface area is 150 Å². The van der Waals surface area contributed by atoms with Crippen LogP contribution in [0.3, 0.4) is 0 Å². The highest BCUT2D eigenvalue weighted by molar-refractivity contribution is 5.41. The average Bonchev–Trinajstić information content (AvgIpc) is 2.94. The molecule has 1 saturated carbocycles. The van der Waals surface area contributed by atoms with Gasteiger partial charge in [-0.1, -0.05) is 30.2 Å². The normalized spacial score (nSPS) is 29.0. The largest absolute Gasteiger partial charge is 0.497 e. The molecule has 3 rings (SSSR count). The van der Waals surface area contributed by atoms with Gasteiger partial charge in [0.25, 0.3) is 0 Å². The minimum Gasteiger partial charge on any atom is -0.497 e. The summed E-state index contributed by atoms with van der Waals surface area (Å²) in [6.07, 6.45) is 4.69. The van der Waals surface area contributed by atoms with Gasteiger partial charge >= 0.3 is 0 Å². The van der Waals surface area contributed by atoms with Crippen molar-refractivity contribution in [2.45, 2.75) is 51.0 Å². The van der Waals surface area contributed by atoms with E-state index < -0.39 is 0 Å². The first kappa shape index (κ1) is 18.4. The highest BCUT2D eigenvalue weighted by atomic mass is 16.7.